The van der Waals surface area contributed by atoms with Gasteiger partial charge in [0.2, 0.25) is 0 Å². The lowest BCUT2D eigenvalue weighted by atomic mass is 10.1. The Bertz CT molecular complexity index is 501. The molecule has 0 aromatic heterocycles. The van der Waals surface area contributed by atoms with Gasteiger partial charge < -0.3 is 0 Å². The van der Waals surface area contributed by atoms with Crippen LogP contribution < -0.4 is 10.4 Å². The van der Waals surface area contributed by atoms with Gasteiger partial charge in [0, 0.05) is 0 Å². The van der Waals surface area contributed by atoms with Crippen molar-refractivity contribution in [3.05, 3.63) is 58.0 Å². The Balaban J connectivity index is 3.38. The minimum absolute atomic E-state index is 1.06. The molecule has 1 aromatic rings. The maximum absolute atomic E-state index is 4.02. The zero-order valence-corrected chi connectivity index (χ0v) is 9.80. The zero-order chi connectivity index (χ0) is 11.4. The van der Waals surface area contributed by atoms with Crippen molar-refractivity contribution in [2.24, 2.45) is 0 Å². The smallest absolute Gasteiger partial charge is 0.0181 e. The van der Waals surface area contributed by atoms with Crippen molar-refractivity contribution in [3.8, 4) is 0 Å². The van der Waals surface area contributed by atoms with Crippen LogP contribution in [0.15, 0.2) is 42.0 Å². The average Bonchev–Trinajstić information content (AvgIpc) is 2.18. The van der Waals surface area contributed by atoms with Crippen LogP contribution in [0.1, 0.15) is 19.4 Å². The van der Waals surface area contributed by atoms with Crippen LogP contribution in [0.3, 0.4) is 0 Å². The molecule has 0 heterocycles. The Kier molecular flexibility index (Phi) is 3.68. The number of hydrogen-bond acceptors (Lipinski definition) is 0. The first kappa shape index (κ1) is 11.5. The van der Waals surface area contributed by atoms with Crippen LogP contribution in [0.4, 0.5) is 0 Å². The van der Waals surface area contributed by atoms with E-state index in [9.17, 15) is 0 Å². The van der Waals surface area contributed by atoms with Gasteiger partial charge in [0.25, 0.3) is 0 Å². The molecular weight excluding hydrogens is 180 g/mol. The lowest BCUT2D eigenvalue weighted by molar-refractivity contribution is 1.39. The van der Waals surface area contributed by atoms with Crippen LogP contribution in [-0.2, 0) is 0 Å². The molecule has 0 N–H and O–H groups in total. The lowest BCUT2D eigenvalue weighted by Crippen LogP contribution is -2.23. The number of allylic oxidation sites excluding steroid dienone is 3. The van der Waals surface area contributed by atoms with E-state index in [4.69, 9.17) is 0 Å². The second-order valence-corrected chi connectivity index (χ2v) is 3.87. The van der Waals surface area contributed by atoms with Crippen molar-refractivity contribution >= 4 is 12.7 Å². The fourth-order valence-electron chi connectivity index (χ4n) is 1.47. The van der Waals surface area contributed by atoms with Gasteiger partial charge in [-0.3, -0.25) is 0 Å². The zero-order valence-electron chi connectivity index (χ0n) is 9.80. The molecule has 0 aliphatic heterocycles. The van der Waals surface area contributed by atoms with Gasteiger partial charge in [-0.05, 0) is 42.9 Å². The Hall–Kier alpha value is -1.56. The second-order valence-electron chi connectivity index (χ2n) is 3.87. The van der Waals surface area contributed by atoms with Gasteiger partial charge in [0.15, 0.2) is 0 Å². The van der Waals surface area contributed by atoms with Crippen LogP contribution in [-0.4, -0.2) is 0 Å². The molecule has 78 valence electrons. The van der Waals surface area contributed by atoms with Gasteiger partial charge >= 0.3 is 0 Å². The quantitative estimate of drug-likeness (QED) is 0.641. The summed E-state index contributed by atoms with van der Waals surface area (Å²) in [5, 5.41) is 2.23. The minimum atomic E-state index is 1.06. The molecule has 0 radical (unpaired) electrons. The number of hydrogen-bond donors (Lipinski definition) is 0. The SMILES string of the molecule is C=C(C)C(=CC)C=c1cc(C)ccc1=C. The van der Waals surface area contributed by atoms with E-state index in [1.54, 1.807) is 0 Å². The van der Waals surface area contributed by atoms with E-state index >= 15 is 0 Å². The number of aryl methyl sites for hydroxylation is 1. The van der Waals surface area contributed by atoms with E-state index in [1.807, 2.05) is 19.9 Å². The second kappa shape index (κ2) is 4.79. The summed E-state index contributed by atoms with van der Waals surface area (Å²) in [5.41, 5.74) is 3.51. The average molecular weight is 198 g/mol. The largest absolute Gasteiger partial charge is 0.0955 e. The van der Waals surface area contributed by atoms with Crippen LogP contribution in [0.25, 0.3) is 12.7 Å². The summed E-state index contributed by atoms with van der Waals surface area (Å²) < 4.78 is 0. The van der Waals surface area contributed by atoms with Gasteiger partial charge in [-0.1, -0.05) is 48.6 Å². The highest BCUT2D eigenvalue weighted by Gasteiger charge is 1.92. The Morgan fingerprint density at radius 2 is 2.00 bits per heavy atom. The van der Waals surface area contributed by atoms with Crippen molar-refractivity contribution in [1.82, 2.24) is 0 Å². The third-order valence-electron chi connectivity index (χ3n) is 2.42. The Labute approximate surface area is 92.0 Å². The van der Waals surface area contributed by atoms with Gasteiger partial charge in [-0.2, -0.15) is 0 Å². The molecule has 0 aliphatic rings. The van der Waals surface area contributed by atoms with Gasteiger partial charge in [0.05, 0.1) is 0 Å². The molecule has 0 aliphatic carbocycles. The number of rotatable bonds is 2. The van der Waals surface area contributed by atoms with Crippen LogP contribution in [0.2, 0.25) is 0 Å². The van der Waals surface area contributed by atoms with Crippen molar-refractivity contribution in [1.29, 1.82) is 0 Å². The topological polar surface area (TPSA) is 0 Å². The molecule has 0 saturated carbocycles. The maximum atomic E-state index is 4.02. The van der Waals surface area contributed by atoms with Gasteiger partial charge in [0.1, 0.15) is 0 Å². The molecule has 0 saturated heterocycles. The minimum Gasteiger partial charge on any atom is -0.0955 e. The molecular formula is C15H18. The summed E-state index contributed by atoms with van der Waals surface area (Å²) in [4.78, 5) is 0. The molecule has 0 spiro atoms. The van der Waals surface area contributed by atoms with Crippen LogP contribution >= 0.6 is 0 Å². The van der Waals surface area contributed by atoms with E-state index in [-0.39, 0.29) is 0 Å². The highest BCUT2D eigenvalue weighted by Crippen LogP contribution is 2.07. The lowest BCUT2D eigenvalue weighted by Gasteiger charge is -1.99. The van der Waals surface area contributed by atoms with Crippen LogP contribution in [0, 0.1) is 6.92 Å². The highest BCUT2D eigenvalue weighted by molar-refractivity contribution is 5.56. The first-order valence-electron chi connectivity index (χ1n) is 5.14. The molecule has 15 heavy (non-hydrogen) atoms. The van der Waals surface area contributed by atoms with E-state index in [2.05, 4.69) is 44.4 Å². The van der Waals surface area contributed by atoms with Crippen molar-refractivity contribution < 1.29 is 0 Å². The molecule has 1 rings (SSSR count). The third kappa shape index (κ3) is 2.95. The summed E-state index contributed by atoms with van der Waals surface area (Å²) in [6, 6.07) is 6.28. The molecule has 1 aromatic carbocycles. The first-order valence-corrected chi connectivity index (χ1v) is 5.14. The molecule has 0 nitrogen and oxygen atoms in total. The highest BCUT2D eigenvalue weighted by atomic mass is 14.0. The summed E-state index contributed by atoms with van der Waals surface area (Å²) in [6.07, 6.45) is 4.21. The number of benzene rings is 1. The maximum Gasteiger partial charge on any atom is -0.0181 e. The normalized spacial score (nSPS) is 13.0. The first-order chi connectivity index (χ1) is 7.04. The molecule has 0 amide bonds. The standard InChI is InChI=1S/C15H18/c1-6-14(11(2)3)10-15-9-12(4)7-8-13(15)5/h6-10H,2,5H2,1,3-4H3. The molecule has 0 heteroatoms. The van der Waals surface area contributed by atoms with E-state index in [0.29, 0.717) is 0 Å². The molecule has 0 unspecified atom stereocenters. The summed E-state index contributed by atoms with van der Waals surface area (Å²) in [5.74, 6) is 0. The van der Waals surface area contributed by atoms with Gasteiger partial charge in [-0.15, -0.1) is 0 Å². The summed E-state index contributed by atoms with van der Waals surface area (Å²) >= 11 is 0. The fraction of sp³-hybridized carbons (Fsp3) is 0.200. The monoisotopic (exact) mass is 198 g/mol. The predicted octanol–water partition coefficient (Wildman–Crippen LogP) is 2.71. The van der Waals surface area contributed by atoms with E-state index in [0.717, 1.165) is 10.8 Å². The molecule has 0 bridgehead atoms. The van der Waals surface area contributed by atoms with Crippen molar-refractivity contribution in [2.75, 3.05) is 0 Å². The van der Waals surface area contributed by atoms with E-state index in [1.165, 1.54) is 16.4 Å². The van der Waals surface area contributed by atoms with Crippen LogP contribution in [0.5, 0.6) is 0 Å². The van der Waals surface area contributed by atoms with Crippen molar-refractivity contribution in [2.45, 2.75) is 20.8 Å². The summed E-state index contributed by atoms with van der Waals surface area (Å²) in [7, 11) is 0. The Morgan fingerprint density at radius 1 is 1.33 bits per heavy atom. The molecule has 0 atom stereocenters. The Morgan fingerprint density at radius 3 is 2.53 bits per heavy atom. The van der Waals surface area contributed by atoms with Gasteiger partial charge in [-0.25, -0.2) is 0 Å². The third-order valence-corrected chi connectivity index (χ3v) is 2.42. The van der Waals surface area contributed by atoms with Crippen molar-refractivity contribution in [3.63, 3.8) is 0 Å². The van der Waals surface area contributed by atoms with E-state index < -0.39 is 0 Å². The summed E-state index contributed by atoms with van der Waals surface area (Å²) in [6.45, 7) is 14.1. The predicted molar refractivity (Wildman–Crippen MR) is 69.0 cm³/mol. The fourth-order valence-corrected chi connectivity index (χ4v) is 1.47. The molecule has 0 fully saturated rings.